The molecule has 0 unspecified atom stereocenters. The Morgan fingerprint density at radius 3 is 1.93 bits per heavy atom. The first-order valence-corrected chi connectivity index (χ1v) is 3.90. The lowest BCUT2D eigenvalue weighted by Crippen LogP contribution is -2.37. The molecular weight excluding hydrogens is 204 g/mol. The maximum absolute atomic E-state index is 11.3. The standard InChI is InChI=1S/C8H6N2O5/c11-7(6-4-2-1-3-5-6)8(9(12)13)10(14)15/h1-5,8H. The Morgan fingerprint density at radius 2 is 1.53 bits per heavy atom. The largest absolute Gasteiger partial charge is 0.512 e. The fourth-order valence-electron chi connectivity index (χ4n) is 1.02. The highest BCUT2D eigenvalue weighted by atomic mass is 16.7. The van der Waals surface area contributed by atoms with Gasteiger partial charge in [-0.15, -0.1) is 0 Å². The molecule has 0 aliphatic heterocycles. The minimum atomic E-state index is -2.42. The summed E-state index contributed by atoms with van der Waals surface area (Å²) in [6.07, 6.45) is -2.42. The van der Waals surface area contributed by atoms with Crippen LogP contribution in [0.25, 0.3) is 0 Å². The van der Waals surface area contributed by atoms with Crippen LogP contribution in [0.5, 0.6) is 0 Å². The van der Waals surface area contributed by atoms with E-state index in [1.165, 1.54) is 24.3 Å². The van der Waals surface area contributed by atoms with E-state index in [9.17, 15) is 25.0 Å². The van der Waals surface area contributed by atoms with E-state index in [4.69, 9.17) is 0 Å². The SMILES string of the molecule is O=C(c1ccccc1)C([N+](=O)[O-])[N+](=O)[O-]. The van der Waals surface area contributed by atoms with Crippen LogP contribution in [0.4, 0.5) is 0 Å². The highest BCUT2D eigenvalue weighted by molar-refractivity contribution is 5.98. The maximum Gasteiger partial charge on any atom is 0.512 e. The average molecular weight is 210 g/mol. The summed E-state index contributed by atoms with van der Waals surface area (Å²) < 4.78 is 0. The fraction of sp³-hybridized carbons (Fsp3) is 0.125. The van der Waals surface area contributed by atoms with Crippen LogP contribution in [0.1, 0.15) is 10.4 Å². The summed E-state index contributed by atoms with van der Waals surface area (Å²) in [5.74, 6) is -1.12. The Hall–Kier alpha value is -2.31. The minimum absolute atomic E-state index is 0.0455. The van der Waals surface area contributed by atoms with Crippen molar-refractivity contribution in [2.75, 3.05) is 0 Å². The molecule has 0 aromatic heterocycles. The average Bonchev–Trinajstić information content (AvgIpc) is 2.18. The van der Waals surface area contributed by atoms with Crippen LogP contribution in [0.3, 0.4) is 0 Å². The smallest absolute Gasteiger partial charge is 0.278 e. The maximum atomic E-state index is 11.3. The van der Waals surface area contributed by atoms with Gasteiger partial charge in [-0.3, -0.25) is 25.0 Å². The van der Waals surface area contributed by atoms with E-state index in [0.29, 0.717) is 0 Å². The topological polar surface area (TPSA) is 103 Å². The molecule has 0 N–H and O–H groups in total. The first-order chi connectivity index (χ1) is 7.04. The molecule has 1 rings (SSSR count). The van der Waals surface area contributed by atoms with Gasteiger partial charge in [0.15, 0.2) is 0 Å². The predicted molar refractivity (Wildman–Crippen MR) is 48.5 cm³/mol. The van der Waals surface area contributed by atoms with E-state index in [2.05, 4.69) is 0 Å². The zero-order valence-corrected chi connectivity index (χ0v) is 7.40. The summed E-state index contributed by atoms with van der Waals surface area (Å²) in [6.45, 7) is 0. The van der Waals surface area contributed by atoms with Crippen LogP contribution in [-0.2, 0) is 0 Å². The first kappa shape index (κ1) is 10.8. The van der Waals surface area contributed by atoms with Gasteiger partial charge < -0.3 is 0 Å². The number of carbonyl (C=O) groups is 1. The molecule has 0 bridgehead atoms. The van der Waals surface area contributed by atoms with Gasteiger partial charge in [-0.25, -0.2) is 0 Å². The van der Waals surface area contributed by atoms with Crippen molar-refractivity contribution in [2.45, 2.75) is 6.17 Å². The van der Waals surface area contributed by atoms with Crippen LogP contribution in [-0.4, -0.2) is 21.8 Å². The Bertz CT molecular complexity index is 389. The summed E-state index contributed by atoms with van der Waals surface area (Å²) in [4.78, 5) is 29.5. The number of hydrogen-bond acceptors (Lipinski definition) is 5. The summed E-state index contributed by atoms with van der Waals surface area (Å²) >= 11 is 0. The molecule has 0 saturated heterocycles. The minimum Gasteiger partial charge on any atom is -0.278 e. The number of hydrogen-bond donors (Lipinski definition) is 0. The fourth-order valence-corrected chi connectivity index (χ4v) is 1.02. The van der Waals surface area contributed by atoms with Crippen molar-refractivity contribution < 1.29 is 14.6 Å². The van der Waals surface area contributed by atoms with Gasteiger partial charge in [0, 0.05) is 5.56 Å². The number of benzene rings is 1. The van der Waals surface area contributed by atoms with Gasteiger partial charge in [0.2, 0.25) is 0 Å². The zero-order chi connectivity index (χ0) is 11.4. The van der Waals surface area contributed by atoms with Crippen molar-refractivity contribution in [3.8, 4) is 0 Å². The van der Waals surface area contributed by atoms with E-state index in [1.807, 2.05) is 0 Å². The Kier molecular flexibility index (Phi) is 3.06. The normalized spacial score (nSPS) is 9.93. The van der Waals surface area contributed by atoms with Gasteiger partial charge in [0.05, 0.1) is 0 Å². The molecule has 15 heavy (non-hydrogen) atoms. The van der Waals surface area contributed by atoms with Gasteiger partial charge >= 0.3 is 11.9 Å². The third-order valence-corrected chi connectivity index (χ3v) is 1.69. The van der Waals surface area contributed by atoms with Crippen molar-refractivity contribution in [3.05, 3.63) is 56.1 Å². The summed E-state index contributed by atoms with van der Waals surface area (Å²) in [7, 11) is 0. The summed E-state index contributed by atoms with van der Waals surface area (Å²) in [5, 5.41) is 20.6. The Labute approximate surface area is 83.6 Å². The Balaban J connectivity index is 3.02. The Morgan fingerprint density at radius 1 is 1.07 bits per heavy atom. The van der Waals surface area contributed by atoms with Gasteiger partial charge in [-0.1, -0.05) is 30.3 Å². The highest BCUT2D eigenvalue weighted by Crippen LogP contribution is 2.06. The van der Waals surface area contributed by atoms with Crippen LogP contribution in [0.15, 0.2) is 30.3 Å². The number of ketones is 1. The first-order valence-electron chi connectivity index (χ1n) is 3.90. The zero-order valence-electron chi connectivity index (χ0n) is 7.40. The number of carbonyl (C=O) groups excluding carboxylic acids is 1. The van der Waals surface area contributed by atoms with Gasteiger partial charge in [-0.2, -0.15) is 0 Å². The third kappa shape index (κ3) is 2.33. The molecule has 0 saturated carbocycles. The summed E-state index contributed by atoms with van der Waals surface area (Å²) in [5.41, 5.74) is -0.0455. The monoisotopic (exact) mass is 210 g/mol. The number of rotatable bonds is 4. The third-order valence-electron chi connectivity index (χ3n) is 1.69. The molecule has 7 nitrogen and oxygen atoms in total. The van der Waals surface area contributed by atoms with Crippen molar-refractivity contribution >= 4 is 5.78 Å². The quantitative estimate of drug-likeness (QED) is 0.315. The molecule has 0 atom stereocenters. The molecule has 0 radical (unpaired) electrons. The lowest BCUT2D eigenvalue weighted by Gasteiger charge is -2.00. The molecule has 7 heteroatoms. The number of nitro groups is 2. The molecule has 1 aromatic carbocycles. The van der Waals surface area contributed by atoms with Crippen LogP contribution < -0.4 is 0 Å². The second kappa shape index (κ2) is 4.27. The molecule has 0 aliphatic rings. The van der Waals surface area contributed by atoms with Gasteiger partial charge in [0.25, 0.3) is 0 Å². The van der Waals surface area contributed by atoms with Gasteiger partial charge in [-0.05, 0) is 0 Å². The molecule has 78 valence electrons. The molecule has 1 aromatic rings. The van der Waals surface area contributed by atoms with E-state index in [-0.39, 0.29) is 5.56 Å². The van der Waals surface area contributed by atoms with Crippen molar-refractivity contribution in [2.24, 2.45) is 0 Å². The van der Waals surface area contributed by atoms with Crippen LogP contribution in [0.2, 0.25) is 0 Å². The molecule has 0 amide bonds. The molecule has 0 fully saturated rings. The van der Waals surface area contributed by atoms with E-state index in [1.54, 1.807) is 6.07 Å². The lowest BCUT2D eigenvalue weighted by atomic mass is 10.1. The van der Waals surface area contributed by atoms with Crippen molar-refractivity contribution in [3.63, 3.8) is 0 Å². The van der Waals surface area contributed by atoms with Crippen molar-refractivity contribution in [1.29, 1.82) is 0 Å². The van der Waals surface area contributed by atoms with E-state index < -0.39 is 21.8 Å². The second-order valence-corrected chi connectivity index (χ2v) is 2.67. The van der Waals surface area contributed by atoms with Gasteiger partial charge in [0.1, 0.15) is 9.85 Å². The summed E-state index contributed by atoms with van der Waals surface area (Å²) in [6, 6.07) is 7.14. The number of Topliss-reactive ketones (excluding diaryl/α,β-unsaturated/α-hetero) is 1. The van der Waals surface area contributed by atoms with Crippen LogP contribution in [0, 0.1) is 20.2 Å². The molecule has 0 aliphatic carbocycles. The predicted octanol–water partition coefficient (Wildman–Crippen LogP) is 0.749. The van der Waals surface area contributed by atoms with E-state index >= 15 is 0 Å². The second-order valence-electron chi connectivity index (χ2n) is 2.67. The van der Waals surface area contributed by atoms with E-state index in [0.717, 1.165) is 0 Å². The lowest BCUT2D eigenvalue weighted by molar-refractivity contribution is -0.721. The molecule has 0 heterocycles. The molecule has 0 spiro atoms. The van der Waals surface area contributed by atoms with Crippen LogP contribution >= 0.6 is 0 Å². The molecular formula is C8H6N2O5. The number of nitrogens with zero attached hydrogens (tertiary/aromatic N) is 2. The highest BCUT2D eigenvalue weighted by Gasteiger charge is 2.41. The van der Waals surface area contributed by atoms with Crippen molar-refractivity contribution in [1.82, 2.24) is 0 Å².